The maximum absolute atomic E-state index is 6.08. The smallest absolute Gasteiger partial charge is 0.0817 e. The fourth-order valence-electron chi connectivity index (χ4n) is 1.94. The number of aromatic nitrogens is 2. The molecule has 0 saturated carbocycles. The lowest BCUT2D eigenvalue weighted by atomic mass is 9.98. The van der Waals surface area contributed by atoms with E-state index in [-0.39, 0.29) is 0 Å². The van der Waals surface area contributed by atoms with E-state index in [1.165, 1.54) is 0 Å². The Morgan fingerprint density at radius 1 is 1.50 bits per heavy atom. The molecule has 3 nitrogen and oxygen atoms in total. The van der Waals surface area contributed by atoms with E-state index >= 15 is 0 Å². The molecule has 16 heavy (non-hydrogen) atoms. The molecule has 0 aliphatic rings. The maximum atomic E-state index is 6.08. The van der Waals surface area contributed by atoms with E-state index in [0.29, 0.717) is 12.0 Å². The van der Waals surface area contributed by atoms with Gasteiger partial charge in [0, 0.05) is 13.1 Å². The molecule has 1 aromatic heterocycles. The van der Waals surface area contributed by atoms with E-state index < -0.39 is 0 Å². The van der Waals surface area contributed by atoms with Crippen molar-refractivity contribution in [3.05, 3.63) is 16.9 Å². The van der Waals surface area contributed by atoms with Crippen LogP contribution in [-0.2, 0) is 13.5 Å². The highest BCUT2D eigenvalue weighted by Crippen LogP contribution is 2.18. The lowest BCUT2D eigenvalue weighted by molar-refractivity contribution is 0.382. The standard InChI is InChI=1S/C12H22ClN3/c1-5-14-11(9(2)3)6-7-12-10(13)8-15-16(12)4/h8-9,11,14H,5-7H2,1-4H3. The first kappa shape index (κ1) is 13.5. The van der Waals surface area contributed by atoms with Crippen LogP contribution in [0.3, 0.4) is 0 Å². The predicted octanol–water partition coefficient (Wildman–Crippen LogP) is 2.64. The Bertz CT molecular complexity index is 301. The fraction of sp³-hybridized carbons (Fsp3) is 0.750. The molecular formula is C12H22ClN3. The topological polar surface area (TPSA) is 29.9 Å². The van der Waals surface area contributed by atoms with Gasteiger partial charge >= 0.3 is 0 Å². The van der Waals surface area contributed by atoms with Crippen LogP contribution in [0.1, 0.15) is 32.9 Å². The second-order valence-electron chi connectivity index (χ2n) is 4.51. The Labute approximate surface area is 103 Å². The normalized spacial score (nSPS) is 13.4. The number of halogens is 1. The van der Waals surface area contributed by atoms with Crippen molar-refractivity contribution >= 4 is 11.6 Å². The highest BCUT2D eigenvalue weighted by molar-refractivity contribution is 6.31. The van der Waals surface area contributed by atoms with Gasteiger partial charge in [-0.05, 0) is 25.3 Å². The van der Waals surface area contributed by atoms with Crippen LogP contribution in [0.4, 0.5) is 0 Å². The van der Waals surface area contributed by atoms with Crippen molar-refractivity contribution in [2.45, 2.75) is 39.7 Å². The van der Waals surface area contributed by atoms with Crippen LogP contribution >= 0.6 is 11.6 Å². The first-order valence-electron chi connectivity index (χ1n) is 5.96. The molecule has 0 aliphatic carbocycles. The minimum Gasteiger partial charge on any atom is -0.314 e. The summed E-state index contributed by atoms with van der Waals surface area (Å²) in [5, 5.41) is 8.44. The second kappa shape index (κ2) is 6.26. The van der Waals surface area contributed by atoms with Crippen LogP contribution < -0.4 is 5.32 Å². The van der Waals surface area contributed by atoms with Crippen molar-refractivity contribution in [2.24, 2.45) is 13.0 Å². The van der Waals surface area contributed by atoms with E-state index in [2.05, 4.69) is 31.2 Å². The molecule has 0 radical (unpaired) electrons. The van der Waals surface area contributed by atoms with Crippen LogP contribution in [0.5, 0.6) is 0 Å². The zero-order valence-corrected chi connectivity index (χ0v) is 11.4. The molecule has 0 aliphatic heterocycles. The minimum absolute atomic E-state index is 0.552. The molecular weight excluding hydrogens is 222 g/mol. The van der Waals surface area contributed by atoms with Crippen molar-refractivity contribution in [3.8, 4) is 0 Å². The molecule has 1 aromatic rings. The van der Waals surface area contributed by atoms with Crippen LogP contribution in [0.15, 0.2) is 6.20 Å². The molecule has 1 rings (SSSR count). The largest absolute Gasteiger partial charge is 0.314 e. The van der Waals surface area contributed by atoms with Gasteiger partial charge in [0.25, 0.3) is 0 Å². The molecule has 0 bridgehead atoms. The van der Waals surface area contributed by atoms with E-state index in [1.807, 2.05) is 11.7 Å². The molecule has 0 spiro atoms. The molecule has 1 N–H and O–H groups in total. The summed E-state index contributed by atoms with van der Waals surface area (Å²) in [5.41, 5.74) is 1.13. The van der Waals surface area contributed by atoms with Crippen molar-refractivity contribution in [2.75, 3.05) is 6.54 Å². The van der Waals surface area contributed by atoms with Gasteiger partial charge in [0.05, 0.1) is 16.9 Å². The Balaban J connectivity index is 2.55. The quantitative estimate of drug-likeness (QED) is 0.833. The molecule has 0 saturated heterocycles. The van der Waals surface area contributed by atoms with Crippen molar-refractivity contribution in [1.29, 1.82) is 0 Å². The Kier molecular flexibility index (Phi) is 5.29. The molecule has 1 heterocycles. The zero-order valence-electron chi connectivity index (χ0n) is 10.6. The number of aryl methyl sites for hydroxylation is 1. The van der Waals surface area contributed by atoms with Gasteiger partial charge in [0.2, 0.25) is 0 Å². The lowest BCUT2D eigenvalue weighted by Gasteiger charge is -2.21. The second-order valence-corrected chi connectivity index (χ2v) is 4.92. The van der Waals surface area contributed by atoms with E-state index in [1.54, 1.807) is 6.20 Å². The molecule has 0 fully saturated rings. The Hall–Kier alpha value is -0.540. The number of hydrogen-bond donors (Lipinski definition) is 1. The van der Waals surface area contributed by atoms with E-state index in [0.717, 1.165) is 30.1 Å². The summed E-state index contributed by atoms with van der Waals surface area (Å²) in [7, 11) is 1.94. The maximum Gasteiger partial charge on any atom is 0.0817 e. The number of nitrogens with one attached hydrogen (secondary N) is 1. The van der Waals surface area contributed by atoms with Crippen LogP contribution in [0.2, 0.25) is 5.02 Å². The Morgan fingerprint density at radius 2 is 2.19 bits per heavy atom. The highest BCUT2D eigenvalue weighted by atomic mass is 35.5. The first-order valence-corrected chi connectivity index (χ1v) is 6.33. The molecule has 0 amide bonds. The minimum atomic E-state index is 0.552. The molecule has 1 unspecified atom stereocenters. The third kappa shape index (κ3) is 3.49. The van der Waals surface area contributed by atoms with Gasteiger partial charge in [-0.1, -0.05) is 32.4 Å². The first-order chi connectivity index (χ1) is 7.56. The SMILES string of the molecule is CCNC(CCc1c(Cl)cnn1C)C(C)C. The van der Waals surface area contributed by atoms with Gasteiger partial charge in [-0.15, -0.1) is 0 Å². The monoisotopic (exact) mass is 243 g/mol. The third-order valence-electron chi connectivity index (χ3n) is 2.97. The van der Waals surface area contributed by atoms with Crippen LogP contribution in [-0.4, -0.2) is 22.4 Å². The number of nitrogens with zero attached hydrogens (tertiary/aromatic N) is 2. The summed E-state index contributed by atoms with van der Waals surface area (Å²) in [6.07, 6.45) is 3.80. The summed E-state index contributed by atoms with van der Waals surface area (Å²) in [6, 6.07) is 0.552. The van der Waals surface area contributed by atoms with Crippen LogP contribution in [0, 0.1) is 5.92 Å². The van der Waals surface area contributed by atoms with Gasteiger partial charge < -0.3 is 5.32 Å². The summed E-state index contributed by atoms with van der Waals surface area (Å²) in [4.78, 5) is 0. The predicted molar refractivity (Wildman–Crippen MR) is 68.8 cm³/mol. The van der Waals surface area contributed by atoms with E-state index in [9.17, 15) is 0 Å². The zero-order chi connectivity index (χ0) is 12.1. The molecule has 92 valence electrons. The third-order valence-corrected chi connectivity index (χ3v) is 3.29. The summed E-state index contributed by atoms with van der Waals surface area (Å²) >= 11 is 6.08. The number of rotatable bonds is 6. The lowest BCUT2D eigenvalue weighted by Crippen LogP contribution is -2.34. The number of hydrogen-bond acceptors (Lipinski definition) is 2. The Morgan fingerprint density at radius 3 is 2.62 bits per heavy atom. The average molecular weight is 244 g/mol. The summed E-state index contributed by atoms with van der Waals surface area (Å²) < 4.78 is 1.87. The summed E-state index contributed by atoms with van der Waals surface area (Å²) in [5.74, 6) is 0.645. The molecule has 1 atom stereocenters. The fourth-order valence-corrected chi connectivity index (χ4v) is 2.20. The van der Waals surface area contributed by atoms with Crippen LogP contribution in [0.25, 0.3) is 0 Å². The van der Waals surface area contributed by atoms with Gasteiger partial charge in [-0.25, -0.2) is 0 Å². The molecule has 4 heteroatoms. The summed E-state index contributed by atoms with van der Waals surface area (Å²) in [6.45, 7) is 7.66. The van der Waals surface area contributed by atoms with Gasteiger partial charge in [-0.3, -0.25) is 4.68 Å². The molecule has 0 aromatic carbocycles. The van der Waals surface area contributed by atoms with Crippen molar-refractivity contribution in [1.82, 2.24) is 15.1 Å². The highest BCUT2D eigenvalue weighted by Gasteiger charge is 2.14. The van der Waals surface area contributed by atoms with Gasteiger partial charge in [0.15, 0.2) is 0 Å². The van der Waals surface area contributed by atoms with Crippen molar-refractivity contribution in [3.63, 3.8) is 0 Å². The average Bonchev–Trinajstić information content (AvgIpc) is 2.54. The van der Waals surface area contributed by atoms with Gasteiger partial charge in [-0.2, -0.15) is 5.10 Å². The van der Waals surface area contributed by atoms with E-state index in [4.69, 9.17) is 11.6 Å². The van der Waals surface area contributed by atoms with Gasteiger partial charge in [0.1, 0.15) is 0 Å². The van der Waals surface area contributed by atoms with Crippen molar-refractivity contribution < 1.29 is 0 Å².